The highest BCUT2D eigenvalue weighted by Crippen LogP contribution is 2.20. The van der Waals surface area contributed by atoms with Crippen LogP contribution in [0, 0.1) is 0 Å². The largest absolute Gasteiger partial charge is 0.480 e. The molecule has 6 heteroatoms. The lowest BCUT2D eigenvalue weighted by atomic mass is 10.2. The van der Waals surface area contributed by atoms with Gasteiger partial charge in [-0.15, -0.1) is 0 Å². The summed E-state index contributed by atoms with van der Waals surface area (Å²) in [5, 5.41) is 2.85. The first-order valence-electron chi connectivity index (χ1n) is 7.71. The molecule has 0 atom stereocenters. The zero-order valence-corrected chi connectivity index (χ0v) is 13.7. The summed E-state index contributed by atoms with van der Waals surface area (Å²) in [6, 6.07) is 16.3. The number of pyridine rings is 2. The minimum absolute atomic E-state index is 0.249. The van der Waals surface area contributed by atoms with E-state index >= 15 is 0 Å². The number of rotatable bonds is 6. The van der Waals surface area contributed by atoms with Crippen LogP contribution in [0.15, 0.2) is 67.0 Å². The van der Waals surface area contributed by atoms with Crippen molar-refractivity contribution in [3.8, 4) is 17.5 Å². The molecule has 0 saturated heterocycles. The molecule has 0 aliphatic carbocycles. The van der Waals surface area contributed by atoms with E-state index in [1.807, 2.05) is 36.4 Å². The molecule has 0 aliphatic rings. The molecule has 0 fully saturated rings. The molecule has 1 aromatic carbocycles. The van der Waals surface area contributed by atoms with E-state index in [9.17, 15) is 4.79 Å². The Labute approximate surface area is 145 Å². The topological polar surface area (TPSA) is 73.3 Å². The Balaban J connectivity index is 1.65. The number of carbonyl (C=O) groups excluding carboxylic acids is 1. The summed E-state index contributed by atoms with van der Waals surface area (Å²) in [6.07, 6.45) is 3.24. The van der Waals surface area contributed by atoms with Gasteiger partial charge in [0.05, 0.1) is 7.11 Å². The van der Waals surface area contributed by atoms with Crippen molar-refractivity contribution in [2.45, 2.75) is 6.54 Å². The highest BCUT2D eigenvalue weighted by atomic mass is 16.5. The van der Waals surface area contributed by atoms with Gasteiger partial charge in [-0.05, 0) is 35.9 Å². The van der Waals surface area contributed by atoms with Gasteiger partial charge in [-0.25, -0.2) is 9.97 Å². The first-order chi connectivity index (χ1) is 12.3. The van der Waals surface area contributed by atoms with Crippen LogP contribution in [0.4, 0.5) is 0 Å². The third-order valence-corrected chi connectivity index (χ3v) is 3.42. The highest BCUT2D eigenvalue weighted by Gasteiger charge is 2.12. The van der Waals surface area contributed by atoms with Gasteiger partial charge in [0.25, 0.3) is 5.91 Å². The lowest BCUT2D eigenvalue weighted by Crippen LogP contribution is -2.23. The number of ether oxygens (including phenoxy) is 2. The van der Waals surface area contributed by atoms with Gasteiger partial charge in [0.2, 0.25) is 11.8 Å². The van der Waals surface area contributed by atoms with Crippen molar-refractivity contribution in [3.63, 3.8) is 0 Å². The molecule has 6 nitrogen and oxygen atoms in total. The van der Waals surface area contributed by atoms with Gasteiger partial charge in [-0.3, -0.25) is 4.79 Å². The number of nitrogens with zero attached hydrogens (tertiary/aromatic N) is 2. The lowest BCUT2D eigenvalue weighted by Gasteiger charge is -2.09. The Bertz CT molecular complexity index is 853. The Kier molecular flexibility index (Phi) is 5.21. The van der Waals surface area contributed by atoms with Gasteiger partial charge in [0, 0.05) is 25.0 Å². The van der Waals surface area contributed by atoms with Gasteiger partial charge in [0.1, 0.15) is 11.3 Å². The molecule has 0 saturated carbocycles. The van der Waals surface area contributed by atoms with Gasteiger partial charge >= 0.3 is 0 Å². The average molecular weight is 335 g/mol. The molecular weight excluding hydrogens is 318 g/mol. The van der Waals surface area contributed by atoms with Crippen molar-refractivity contribution < 1.29 is 14.3 Å². The molecule has 126 valence electrons. The summed E-state index contributed by atoms with van der Waals surface area (Å²) in [5.41, 5.74) is 1.30. The van der Waals surface area contributed by atoms with Gasteiger partial charge < -0.3 is 14.8 Å². The molecule has 2 heterocycles. The quantitative estimate of drug-likeness (QED) is 0.749. The van der Waals surface area contributed by atoms with Crippen molar-refractivity contribution in [2.75, 3.05) is 7.11 Å². The minimum atomic E-state index is -0.249. The monoisotopic (exact) mass is 335 g/mol. The number of aromatic nitrogens is 2. The van der Waals surface area contributed by atoms with E-state index in [4.69, 9.17) is 9.47 Å². The second-order valence-electron chi connectivity index (χ2n) is 5.16. The average Bonchev–Trinajstić information content (AvgIpc) is 2.67. The van der Waals surface area contributed by atoms with E-state index in [2.05, 4.69) is 15.3 Å². The Morgan fingerprint density at radius 3 is 2.72 bits per heavy atom. The second kappa shape index (κ2) is 7.92. The first-order valence-corrected chi connectivity index (χ1v) is 7.71. The summed E-state index contributed by atoms with van der Waals surface area (Å²) in [5.74, 6) is 1.22. The van der Waals surface area contributed by atoms with Gasteiger partial charge in [-0.1, -0.05) is 18.2 Å². The van der Waals surface area contributed by atoms with Gasteiger partial charge in [0.15, 0.2) is 0 Å². The van der Waals surface area contributed by atoms with Crippen LogP contribution in [0.3, 0.4) is 0 Å². The SMILES string of the molecule is COc1ncccc1C(=O)NCc1cccc(Oc2ccccn2)c1. The number of carbonyl (C=O) groups is 1. The van der Waals surface area contributed by atoms with Crippen LogP contribution in [0.2, 0.25) is 0 Å². The van der Waals surface area contributed by atoms with Crippen LogP contribution in [0.25, 0.3) is 0 Å². The number of methoxy groups -OCH3 is 1. The maximum atomic E-state index is 12.3. The molecule has 3 rings (SSSR count). The molecule has 0 unspecified atom stereocenters. The van der Waals surface area contributed by atoms with Crippen molar-refractivity contribution >= 4 is 5.91 Å². The van der Waals surface area contributed by atoms with Crippen molar-refractivity contribution in [1.29, 1.82) is 0 Å². The third-order valence-electron chi connectivity index (χ3n) is 3.42. The predicted octanol–water partition coefficient (Wildman–Crippen LogP) is 3.21. The molecule has 3 aromatic rings. The van der Waals surface area contributed by atoms with Crippen molar-refractivity contribution in [3.05, 3.63) is 78.1 Å². The Morgan fingerprint density at radius 1 is 1.04 bits per heavy atom. The van der Waals surface area contributed by atoms with Crippen LogP contribution < -0.4 is 14.8 Å². The van der Waals surface area contributed by atoms with Crippen LogP contribution in [-0.4, -0.2) is 23.0 Å². The minimum Gasteiger partial charge on any atom is -0.480 e. The summed E-state index contributed by atoms with van der Waals surface area (Å²) in [7, 11) is 1.48. The molecule has 0 radical (unpaired) electrons. The molecule has 0 bridgehead atoms. The molecular formula is C19H17N3O3. The molecule has 0 aliphatic heterocycles. The van der Waals surface area contributed by atoms with Crippen molar-refractivity contribution in [2.24, 2.45) is 0 Å². The fourth-order valence-electron chi connectivity index (χ4n) is 2.25. The lowest BCUT2D eigenvalue weighted by molar-refractivity contribution is 0.0947. The van der Waals surface area contributed by atoms with Crippen LogP contribution >= 0.6 is 0 Å². The molecule has 0 spiro atoms. The molecule has 1 amide bonds. The number of nitrogens with one attached hydrogen (secondary N) is 1. The predicted molar refractivity (Wildman–Crippen MR) is 92.7 cm³/mol. The summed E-state index contributed by atoms with van der Waals surface area (Å²) < 4.78 is 10.8. The number of hydrogen-bond acceptors (Lipinski definition) is 5. The van der Waals surface area contributed by atoms with E-state index in [1.54, 1.807) is 30.6 Å². The van der Waals surface area contributed by atoms with Crippen molar-refractivity contribution in [1.82, 2.24) is 15.3 Å². The summed E-state index contributed by atoms with van der Waals surface area (Å²) >= 11 is 0. The van der Waals surface area contributed by atoms with E-state index in [0.717, 1.165) is 5.56 Å². The number of amides is 1. The fraction of sp³-hybridized carbons (Fsp3) is 0.105. The normalized spacial score (nSPS) is 10.1. The maximum absolute atomic E-state index is 12.3. The van der Waals surface area contributed by atoms with E-state index < -0.39 is 0 Å². The Morgan fingerprint density at radius 2 is 1.92 bits per heavy atom. The van der Waals surface area contributed by atoms with Gasteiger partial charge in [-0.2, -0.15) is 0 Å². The molecule has 1 N–H and O–H groups in total. The van der Waals surface area contributed by atoms with Crippen LogP contribution in [0.5, 0.6) is 17.5 Å². The zero-order chi connectivity index (χ0) is 17.5. The smallest absolute Gasteiger partial charge is 0.257 e. The summed E-state index contributed by atoms with van der Waals surface area (Å²) in [6.45, 7) is 0.357. The van der Waals surface area contributed by atoms with E-state index in [0.29, 0.717) is 29.6 Å². The zero-order valence-electron chi connectivity index (χ0n) is 13.7. The Hall–Kier alpha value is -3.41. The van der Waals surface area contributed by atoms with E-state index in [-0.39, 0.29) is 5.91 Å². The third kappa shape index (κ3) is 4.32. The van der Waals surface area contributed by atoms with Crippen LogP contribution in [0.1, 0.15) is 15.9 Å². The number of benzene rings is 1. The molecule has 2 aromatic heterocycles. The van der Waals surface area contributed by atoms with E-state index in [1.165, 1.54) is 7.11 Å². The first kappa shape index (κ1) is 16.4. The standard InChI is InChI=1S/C19H17N3O3/c1-24-19-16(8-5-11-21-19)18(23)22-13-14-6-4-7-15(12-14)25-17-9-2-3-10-20-17/h2-12H,13H2,1H3,(H,22,23). The molecule has 25 heavy (non-hydrogen) atoms. The number of hydrogen-bond donors (Lipinski definition) is 1. The fourth-order valence-corrected chi connectivity index (χ4v) is 2.25. The maximum Gasteiger partial charge on any atom is 0.257 e. The summed E-state index contributed by atoms with van der Waals surface area (Å²) in [4.78, 5) is 20.4. The van der Waals surface area contributed by atoms with Crippen LogP contribution in [-0.2, 0) is 6.54 Å². The second-order valence-corrected chi connectivity index (χ2v) is 5.16. The highest BCUT2D eigenvalue weighted by molar-refractivity contribution is 5.96.